The minimum atomic E-state index is -3.34. The Kier molecular flexibility index (Phi) is 14.7. The number of hydrogen-bond donors (Lipinski definition) is 0. The molecule has 0 amide bonds. The molecule has 5 aromatic rings. The normalized spacial score (nSPS) is 11.8. The molecule has 0 spiro atoms. The zero-order valence-corrected chi connectivity index (χ0v) is 33.1. The number of sulfone groups is 1. The molecule has 0 fully saturated rings. The van der Waals surface area contributed by atoms with Gasteiger partial charge in [0.2, 0.25) is 0 Å². The third-order valence-corrected chi connectivity index (χ3v) is 9.64. The van der Waals surface area contributed by atoms with E-state index in [-0.39, 0.29) is 17.5 Å². The molecule has 5 rings (SSSR count). The van der Waals surface area contributed by atoms with Crippen LogP contribution in [0.15, 0.2) is 114 Å². The Bertz CT molecular complexity index is 2080. The van der Waals surface area contributed by atoms with Crippen molar-refractivity contribution < 1.29 is 41.6 Å². The van der Waals surface area contributed by atoms with Crippen LogP contribution in [-0.2, 0) is 35.4 Å². The van der Waals surface area contributed by atoms with Gasteiger partial charge in [-0.3, -0.25) is 4.90 Å². The molecule has 0 aliphatic heterocycles. The second-order valence-corrected chi connectivity index (χ2v) is 16.0. The Morgan fingerprint density at radius 1 is 0.709 bits per heavy atom. The first kappa shape index (κ1) is 41.2. The number of nitrogens with zero attached hydrogens (tertiary/aromatic N) is 1. The van der Waals surface area contributed by atoms with Crippen molar-refractivity contribution in [2.75, 3.05) is 58.9 Å². The van der Waals surface area contributed by atoms with Crippen LogP contribution >= 0.6 is 0 Å². The summed E-state index contributed by atoms with van der Waals surface area (Å²) in [5, 5.41) is 1.82. The predicted molar refractivity (Wildman–Crippen MR) is 215 cm³/mol. The molecule has 0 aromatic heterocycles. The van der Waals surface area contributed by atoms with Crippen LogP contribution < -0.4 is 14.2 Å². The van der Waals surface area contributed by atoms with Crippen molar-refractivity contribution in [1.82, 2.24) is 4.90 Å². The molecule has 0 atom stereocenters. The quantitative estimate of drug-likeness (QED) is 0.0566. The van der Waals surface area contributed by atoms with Crippen molar-refractivity contribution in [2.45, 2.75) is 44.8 Å². The number of ether oxygens (including phenoxy) is 6. The Labute approximate surface area is 324 Å². The summed E-state index contributed by atoms with van der Waals surface area (Å²) in [6.45, 7) is 12.0. The highest BCUT2D eigenvalue weighted by atomic mass is 32.2. The molecule has 0 bridgehead atoms. The van der Waals surface area contributed by atoms with Crippen molar-refractivity contribution in [3.63, 3.8) is 0 Å². The fourth-order valence-electron chi connectivity index (χ4n) is 5.71. The van der Waals surface area contributed by atoms with Gasteiger partial charge in [-0.05, 0) is 104 Å². The van der Waals surface area contributed by atoms with Gasteiger partial charge in [0, 0.05) is 30.3 Å². The van der Waals surface area contributed by atoms with E-state index in [1.807, 2.05) is 106 Å². The van der Waals surface area contributed by atoms with Crippen molar-refractivity contribution >= 4 is 26.6 Å². The maximum atomic E-state index is 12.1. The molecule has 0 saturated heterocycles. The van der Waals surface area contributed by atoms with Crippen molar-refractivity contribution in [2.24, 2.45) is 0 Å². The fraction of sp³-hybridized carbons (Fsp3) is 0.341. The second-order valence-electron chi connectivity index (χ2n) is 14.0. The number of benzene rings is 5. The highest BCUT2D eigenvalue weighted by molar-refractivity contribution is 7.90. The Morgan fingerprint density at radius 2 is 1.38 bits per heavy atom. The second kappa shape index (κ2) is 19.6. The molecule has 0 unspecified atom stereocenters. The van der Waals surface area contributed by atoms with E-state index in [0.717, 1.165) is 58.6 Å². The minimum absolute atomic E-state index is 0.0910. The van der Waals surface area contributed by atoms with Gasteiger partial charge in [-0.15, -0.1) is 0 Å². The lowest BCUT2D eigenvalue weighted by molar-refractivity contribution is -0.160. The SMILES string of the molecule is CCN(CCOCCOCC(=O)OC(C)(C)C)CCOc1ccc(Oc2c(-c3ccc(S(C)(=O)=O)cc3)ccc3cc(OCc4ccccc4)ccc23)cc1. The largest absolute Gasteiger partial charge is 0.492 e. The van der Waals surface area contributed by atoms with Crippen molar-refractivity contribution in [1.29, 1.82) is 0 Å². The molecule has 11 heteroatoms. The average Bonchev–Trinajstić information content (AvgIpc) is 3.16. The first-order valence-electron chi connectivity index (χ1n) is 18.4. The summed E-state index contributed by atoms with van der Waals surface area (Å²) in [7, 11) is -3.34. The van der Waals surface area contributed by atoms with Gasteiger partial charge in [0.1, 0.15) is 48.4 Å². The van der Waals surface area contributed by atoms with E-state index in [1.165, 1.54) is 6.26 Å². The standard InChI is InChI=1S/C44H51NO9S/c1-6-45(24-26-49-28-29-50-32-42(46)54-44(2,3)4)25-27-51-36-15-17-37(18-16-36)53-43-40(34-12-20-39(21-13-34)55(5,47)48)22-14-35-30-38(19-23-41(35)43)52-31-33-10-8-7-9-11-33/h7-23,30H,6,24-29,31-32H2,1-5H3. The summed E-state index contributed by atoms with van der Waals surface area (Å²) < 4.78 is 59.3. The van der Waals surface area contributed by atoms with Gasteiger partial charge in [0.25, 0.3) is 0 Å². The van der Waals surface area contributed by atoms with Gasteiger partial charge < -0.3 is 28.4 Å². The van der Waals surface area contributed by atoms with Gasteiger partial charge in [0.15, 0.2) is 9.84 Å². The molecular formula is C44H51NO9S. The summed E-state index contributed by atoms with van der Waals surface area (Å²) in [6, 6.07) is 34.3. The molecule has 0 aliphatic carbocycles. The number of carbonyl (C=O) groups is 1. The van der Waals surface area contributed by atoms with Gasteiger partial charge >= 0.3 is 5.97 Å². The van der Waals surface area contributed by atoms with Crippen LogP contribution in [-0.4, -0.2) is 83.8 Å². The predicted octanol–water partition coefficient (Wildman–Crippen LogP) is 8.36. The highest BCUT2D eigenvalue weighted by Gasteiger charge is 2.17. The Hall–Kier alpha value is -4.94. The Balaban J connectivity index is 1.18. The number of carbonyl (C=O) groups excluding carboxylic acids is 1. The van der Waals surface area contributed by atoms with Crippen LogP contribution in [0, 0.1) is 0 Å². The molecular weight excluding hydrogens is 719 g/mol. The van der Waals surface area contributed by atoms with Gasteiger partial charge in [-0.2, -0.15) is 0 Å². The zero-order valence-electron chi connectivity index (χ0n) is 32.3. The molecule has 0 aliphatic rings. The summed E-state index contributed by atoms with van der Waals surface area (Å²) in [4.78, 5) is 14.2. The molecule has 292 valence electrons. The number of likely N-dealkylation sites (N-methyl/N-ethyl adjacent to an activating group) is 1. The van der Waals surface area contributed by atoms with E-state index in [4.69, 9.17) is 28.4 Å². The van der Waals surface area contributed by atoms with Gasteiger partial charge in [0.05, 0.1) is 24.7 Å². The molecule has 0 heterocycles. The zero-order chi connectivity index (χ0) is 39.3. The van der Waals surface area contributed by atoms with E-state index < -0.39 is 15.4 Å². The number of rotatable bonds is 20. The average molecular weight is 770 g/mol. The first-order valence-corrected chi connectivity index (χ1v) is 20.3. The molecule has 0 saturated carbocycles. The van der Waals surface area contributed by atoms with E-state index in [1.54, 1.807) is 24.3 Å². The van der Waals surface area contributed by atoms with E-state index >= 15 is 0 Å². The van der Waals surface area contributed by atoms with E-state index in [2.05, 4.69) is 11.8 Å². The van der Waals surface area contributed by atoms with Crippen molar-refractivity contribution in [3.05, 3.63) is 115 Å². The summed E-state index contributed by atoms with van der Waals surface area (Å²) in [5.41, 5.74) is 2.20. The molecule has 10 nitrogen and oxygen atoms in total. The summed E-state index contributed by atoms with van der Waals surface area (Å²) >= 11 is 0. The maximum Gasteiger partial charge on any atom is 0.332 e. The number of esters is 1. The topological polar surface area (TPSA) is 110 Å². The number of hydrogen-bond acceptors (Lipinski definition) is 10. The summed E-state index contributed by atoms with van der Waals surface area (Å²) in [5.74, 6) is 2.34. The van der Waals surface area contributed by atoms with Crippen molar-refractivity contribution in [3.8, 4) is 34.1 Å². The van der Waals surface area contributed by atoms with E-state index in [9.17, 15) is 13.2 Å². The molecule has 0 radical (unpaired) electrons. The first-order chi connectivity index (χ1) is 26.4. The monoisotopic (exact) mass is 769 g/mol. The molecule has 55 heavy (non-hydrogen) atoms. The maximum absolute atomic E-state index is 12.1. The fourth-order valence-corrected chi connectivity index (χ4v) is 6.34. The van der Waals surface area contributed by atoms with Gasteiger partial charge in [-0.1, -0.05) is 55.5 Å². The third kappa shape index (κ3) is 13.1. The lowest BCUT2D eigenvalue weighted by atomic mass is 9.99. The van der Waals surface area contributed by atoms with Crippen LogP contribution in [0.4, 0.5) is 0 Å². The van der Waals surface area contributed by atoms with Crippen LogP contribution in [0.25, 0.3) is 21.9 Å². The highest BCUT2D eigenvalue weighted by Crippen LogP contribution is 2.41. The van der Waals surface area contributed by atoms with Crippen LogP contribution in [0.1, 0.15) is 33.3 Å². The smallest absolute Gasteiger partial charge is 0.332 e. The van der Waals surface area contributed by atoms with Crippen LogP contribution in [0.3, 0.4) is 0 Å². The molecule has 0 N–H and O–H groups in total. The van der Waals surface area contributed by atoms with Gasteiger partial charge in [-0.25, -0.2) is 13.2 Å². The van der Waals surface area contributed by atoms with Crippen LogP contribution in [0.5, 0.6) is 23.0 Å². The van der Waals surface area contributed by atoms with E-state index in [0.29, 0.717) is 44.5 Å². The third-order valence-electron chi connectivity index (χ3n) is 8.51. The lowest BCUT2D eigenvalue weighted by Gasteiger charge is -2.20. The number of fused-ring (bicyclic) bond motifs is 1. The molecule has 5 aromatic carbocycles. The lowest BCUT2D eigenvalue weighted by Crippen LogP contribution is -2.32. The van der Waals surface area contributed by atoms with Crippen LogP contribution in [0.2, 0.25) is 0 Å². The Morgan fingerprint density at radius 3 is 2.07 bits per heavy atom. The minimum Gasteiger partial charge on any atom is -0.492 e. The summed E-state index contributed by atoms with van der Waals surface area (Å²) in [6.07, 6.45) is 1.20.